The molecule has 0 aliphatic carbocycles. The van der Waals surface area contributed by atoms with E-state index in [0.717, 1.165) is 44.6 Å². The van der Waals surface area contributed by atoms with Crippen molar-refractivity contribution in [1.82, 2.24) is 10.6 Å². The Morgan fingerprint density at radius 2 is 1.37 bits per heavy atom. The third kappa shape index (κ3) is 20.1. The van der Waals surface area contributed by atoms with Crippen LogP contribution in [0.3, 0.4) is 0 Å². The molecular weight excluding hydrogens is 366 g/mol. The Morgan fingerprint density at radius 3 is 1.83 bits per heavy atom. The summed E-state index contributed by atoms with van der Waals surface area (Å²) in [5.41, 5.74) is 8.31. The minimum absolute atomic E-state index is 0.947. The molecule has 2 rings (SSSR count). The minimum atomic E-state index is 0.947. The molecular formula is C27H43N3. The summed E-state index contributed by atoms with van der Waals surface area (Å²) in [5.74, 6) is 0. The van der Waals surface area contributed by atoms with Crippen LogP contribution in [0.4, 0.5) is 0 Å². The molecule has 0 bridgehead atoms. The third-order valence-corrected chi connectivity index (χ3v) is 3.83. The Morgan fingerprint density at radius 1 is 0.833 bits per heavy atom. The molecule has 0 aliphatic heterocycles. The minimum Gasteiger partial charge on any atom is -0.388 e. The maximum atomic E-state index is 4.50. The first-order valence-corrected chi connectivity index (χ1v) is 10.6. The van der Waals surface area contributed by atoms with E-state index in [1.54, 1.807) is 0 Å². The highest BCUT2D eigenvalue weighted by atomic mass is 14.9. The first kappa shape index (κ1) is 29.6. The lowest BCUT2D eigenvalue weighted by atomic mass is 10.1. The summed E-state index contributed by atoms with van der Waals surface area (Å²) in [6.07, 6.45) is 7.73. The van der Waals surface area contributed by atoms with Gasteiger partial charge in [-0.25, -0.2) is 0 Å². The van der Waals surface area contributed by atoms with Crippen LogP contribution in [-0.2, 0) is 12.8 Å². The van der Waals surface area contributed by atoms with Gasteiger partial charge < -0.3 is 16.4 Å². The zero-order valence-electron chi connectivity index (χ0n) is 19.4. The quantitative estimate of drug-likeness (QED) is 0.358. The summed E-state index contributed by atoms with van der Waals surface area (Å²) in [4.78, 5) is 0. The van der Waals surface area contributed by atoms with Crippen molar-refractivity contribution in [3.63, 3.8) is 0 Å². The lowest BCUT2D eigenvalue weighted by Gasteiger charge is -2.05. The summed E-state index contributed by atoms with van der Waals surface area (Å²) in [5, 5.41) is 6.58. The standard InChI is InChI=1S/C16H24N2.C8H10.C2H4.CH5N/c1-15(2)18-14-13-17-12-8-4-7-11-16-9-5-3-6-10-16;1-2-8-6-4-3-5-7-8;2*1-2/h3-7,9-10,17-18H,1,8,11-14H2,2H3;3-7H,2H2,1H3;1-2H2;2H2,1H3/b7-4-;;;. The van der Waals surface area contributed by atoms with Crippen molar-refractivity contribution in [3.05, 3.63) is 109 Å². The van der Waals surface area contributed by atoms with Gasteiger partial charge in [0.2, 0.25) is 0 Å². The number of allylic oxidation sites excluding steroid dienone is 2. The smallest absolute Gasteiger partial charge is 0.0269 e. The molecule has 0 heterocycles. The summed E-state index contributed by atoms with van der Waals surface area (Å²) < 4.78 is 0. The van der Waals surface area contributed by atoms with E-state index >= 15 is 0 Å². The topological polar surface area (TPSA) is 50.1 Å². The molecule has 2 aromatic carbocycles. The van der Waals surface area contributed by atoms with Crippen LogP contribution in [-0.4, -0.2) is 26.7 Å². The van der Waals surface area contributed by atoms with E-state index in [9.17, 15) is 0 Å². The van der Waals surface area contributed by atoms with E-state index in [-0.39, 0.29) is 0 Å². The van der Waals surface area contributed by atoms with Crippen LogP contribution in [0.2, 0.25) is 0 Å². The van der Waals surface area contributed by atoms with Gasteiger partial charge in [0.1, 0.15) is 0 Å². The molecule has 0 aromatic heterocycles. The largest absolute Gasteiger partial charge is 0.388 e. The molecule has 0 atom stereocenters. The van der Waals surface area contributed by atoms with Crippen LogP contribution in [0.25, 0.3) is 0 Å². The maximum Gasteiger partial charge on any atom is 0.0269 e. The van der Waals surface area contributed by atoms with Crippen molar-refractivity contribution in [2.24, 2.45) is 5.73 Å². The van der Waals surface area contributed by atoms with E-state index in [4.69, 9.17) is 0 Å². The number of benzene rings is 2. The van der Waals surface area contributed by atoms with Crippen LogP contribution in [0.1, 0.15) is 31.4 Å². The molecule has 4 N–H and O–H groups in total. The molecule has 3 nitrogen and oxygen atoms in total. The first-order chi connectivity index (χ1) is 14.7. The van der Waals surface area contributed by atoms with Gasteiger partial charge in [0.05, 0.1) is 0 Å². The highest BCUT2D eigenvalue weighted by molar-refractivity contribution is 5.17. The predicted molar refractivity (Wildman–Crippen MR) is 137 cm³/mol. The Kier molecular flexibility index (Phi) is 24.1. The second kappa shape index (κ2) is 24.4. The number of nitrogens with two attached hydrogens (primary N) is 1. The Hall–Kier alpha value is -2.62. The Bertz CT molecular complexity index is 621. The zero-order chi connectivity index (χ0) is 22.9. The number of hydrogen-bond acceptors (Lipinski definition) is 3. The first-order valence-electron chi connectivity index (χ1n) is 10.6. The fraction of sp³-hybridized carbons (Fsp3) is 0.333. The fourth-order valence-corrected chi connectivity index (χ4v) is 2.34. The normalized spacial score (nSPS) is 9.20. The predicted octanol–water partition coefficient (Wildman–Crippen LogP) is 5.51. The lowest BCUT2D eigenvalue weighted by molar-refractivity contribution is 0.655. The fourth-order valence-electron chi connectivity index (χ4n) is 2.34. The second-order valence-electron chi connectivity index (χ2n) is 6.25. The van der Waals surface area contributed by atoms with Gasteiger partial charge in [0.25, 0.3) is 0 Å². The van der Waals surface area contributed by atoms with E-state index in [0.29, 0.717) is 0 Å². The van der Waals surface area contributed by atoms with Gasteiger partial charge in [-0.3, -0.25) is 0 Å². The van der Waals surface area contributed by atoms with Crippen molar-refractivity contribution in [2.45, 2.75) is 33.1 Å². The number of rotatable bonds is 10. The molecule has 0 saturated carbocycles. The maximum absolute atomic E-state index is 4.50. The van der Waals surface area contributed by atoms with E-state index in [2.05, 4.69) is 110 Å². The number of hydrogen-bond donors (Lipinski definition) is 3. The van der Waals surface area contributed by atoms with E-state index in [1.807, 2.05) is 13.0 Å². The van der Waals surface area contributed by atoms with Crippen LogP contribution in [0.5, 0.6) is 0 Å². The van der Waals surface area contributed by atoms with Crippen LogP contribution < -0.4 is 16.4 Å². The highest BCUT2D eigenvalue weighted by Crippen LogP contribution is 2.00. The molecule has 0 fully saturated rings. The molecule has 0 unspecified atom stereocenters. The molecule has 0 spiro atoms. The Labute approximate surface area is 185 Å². The van der Waals surface area contributed by atoms with Gasteiger partial charge in [-0.1, -0.05) is 86.3 Å². The number of nitrogens with one attached hydrogen (secondary N) is 2. The third-order valence-electron chi connectivity index (χ3n) is 3.83. The number of aryl methyl sites for hydroxylation is 1. The van der Waals surface area contributed by atoms with Gasteiger partial charge >= 0.3 is 0 Å². The van der Waals surface area contributed by atoms with E-state index in [1.165, 1.54) is 18.2 Å². The van der Waals surface area contributed by atoms with Gasteiger partial charge in [0, 0.05) is 18.8 Å². The highest BCUT2D eigenvalue weighted by Gasteiger charge is 1.87. The summed E-state index contributed by atoms with van der Waals surface area (Å²) in [7, 11) is 1.50. The van der Waals surface area contributed by atoms with Gasteiger partial charge in [0.15, 0.2) is 0 Å². The van der Waals surface area contributed by atoms with Crippen molar-refractivity contribution in [2.75, 3.05) is 26.7 Å². The molecule has 0 saturated heterocycles. The average Bonchev–Trinajstić information content (AvgIpc) is 2.82. The lowest BCUT2D eigenvalue weighted by Crippen LogP contribution is -2.26. The molecule has 166 valence electrons. The second-order valence-corrected chi connectivity index (χ2v) is 6.25. The monoisotopic (exact) mass is 409 g/mol. The summed E-state index contributed by atoms with van der Waals surface area (Å²) >= 11 is 0. The van der Waals surface area contributed by atoms with Gasteiger partial charge in [-0.05, 0) is 50.9 Å². The van der Waals surface area contributed by atoms with Crippen LogP contribution in [0, 0.1) is 0 Å². The van der Waals surface area contributed by atoms with Crippen molar-refractivity contribution >= 4 is 0 Å². The Balaban J connectivity index is 0. The molecule has 2 aromatic rings. The molecule has 0 aliphatic rings. The van der Waals surface area contributed by atoms with Gasteiger partial charge in [-0.15, -0.1) is 13.2 Å². The van der Waals surface area contributed by atoms with Crippen LogP contribution >= 0.6 is 0 Å². The SMILES string of the molecule is C=C.C=C(C)NCCNCC/C=C\Cc1ccccc1.CCc1ccccc1.CN. The summed E-state index contributed by atoms with van der Waals surface area (Å²) in [6, 6.07) is 21.0. The molecule has 30 heavy (non-hydrogen) atoms. The van der Waals surface area contributed by atoms with Crippen molar-refractivity contribution in [3.8, 4) is 0 Å². The van der Waals surface area contributed by atoms with Crippen molar-refractivity contribution < 1.29 is 0 Å². The van der Waals surface area contributed by atoms with Gasteiger partial charge in [-0.2, -0.15) is 0 Å². The van der Waals surface area contributed by atoms with Crippen LogP contribution in [0.15, 0.2) is 98.2 Å². The van der Waals surface area contributed by atoms with Crippen molar-refractivity contribution in [1.29, 1.82) is 0 Å². The summed E-state index contributed by atoms with van der Waals surface area (Å²) in [6.45, 7) is 16.9. The molecule has 0 radical (unpaired) electrons. The van der Waals surface area contributed by atoms with E-state index < -0.39 is 0 Å². The average molecular weight is 410 g/mol. The zero-order valence-corrected chi connectivity index (χ0v) is 19.4. The molecule has 3 heteroatoms. The molecule has 0 amide bonds.